The van der Waals surface area contributed by atoms with E-state index in [0.717, 1.165) is 5.00 Å². The van der Waals surface area contributed by atoms with Crippen LogP contribution >= 0.6 is 22.9 Å². The maximum absolute atomic E-state index is 11.8. The van der Waals surface area contributed by atoms with Crippen LogP contribution < -0.4 is 10.6 Å². The van der Waals surface area contributed by atoms with Crippen LogP contribution in [0.5, 0.6) is 0 Å². The van der Waals surface area contributed by atoms with Crippen LogP contribution in [-0.2, 0) is 0 Å². The molecule has 0 spiro atoms. The van der Waals surface area contributed by atoms with Crippen molar-refractivity contribution >= 4 is 38.9 Å². The Bertz CT molecular complexity index is 542. The number of anilines is 2. The van der Waals surface area contributed by atoms with Gasteiger partial charge in [0.15, 0.2) is 16.1 Å². The van der Waals surface area contributed by atoms with E-state index in [1.165, 1.54) is 11.3 Å². The number of nitrogens with one attached hydrogen (secondary N) is 2. The summed E-state index contributed by atoms with van der Waals surface area (Å²) in [4.78, 5) is 16.0. The smallest absolute Gasteiger partial charge is 0.186 e. The summed E-state index contributed by atoms with van der Waals surface area (Å²) in [6.45, 7) is 0.205. The third-order valence-corrected chi connectivity index (χ3v) is 3.72. The van der Waals surface area contributed by atoms with Gasteiger partial charge < -0.3 is 10.6 Å². The fourth-order valence-electron chi connectivity index (χ4n) is 1.41. The van der Waals surface area contributed by atoms with Crippen LogP contribution in [0.3, 0.4) is 0 Å². The van der Waals surface area contributed by atoms with Gasteiger partial charge in [0.1, 0.15) is 5.00 Å². The quantitative estimate of drug-likeness (QED) is 0.827. The third kappa shape index (κ3) is 3.00. The highest BCUT2D eigenvalue weighted by molar-refractivity contribution is 7.20. The van der Waals surface area contributed by atoms with Crippen LogP contribution in [-0.4, -0.2) is 24.4 Å². The van der Waals surface area contributed by atoms with Crippen molar-refractivity contribution in [1.29, 1.82) is 0 Å². The second-order valence-electron chi connectivity index (χ2n) is 3.53. The predicted molar refractivity (Wildman–Crippen MR) is 75.9 cm³/mol. The number of thiazole rings is 1. The second-order valence-corrected chi connectivity index (χ2v) is 4.89. The Balaban J connectivity index is 1.97. The average Bonchev–Trinajstić information content (AvgIpc) is 2.77. The molecule has 94 valence electrons. The van der Waals surface area contributed by atoms with Crippen molar-refractivity contribution in [2.75, 3.05) is 24.2 Å². The van der Waals surface area contributed by atoms with Gasteiger partial charge in [-0.1, -0.05) is 53.3 Å². The van der Waals surface area contributed by atoms with Gasteiger partial charge in [-0.15, -0.1) is 0 Å². The van der Waals surface area contributed by atoms with Gasteiger partial charge in [0, 0.05) is 12.6 Å². The minimum atomic E-state index is 0.0212. The molecule has 1 aromatic carbocycles. The molecule has 1 heterocycles. The van der Waals surface area contributed by atoms with Crippen LogP contribution in [0.4, 0.5) is 10.1 Å². The van der Waals surface area contributed by atoms with Crippen molar-refractivity contribution in [1.82, 2.24) is 4.98 Å². The Hall–Kier alpha value is -1.59. The summed E-state index contributed by atoms with van der Waals surface area (Å²) >= 11 is 7.27. The first-order valence-electron chi connectivity index (χ1n) is 5.37. The topological polar surface area (TPSA) is 54.0 Å². The number of hydrogen-bond donors (Lipinski definition) is 2. The van der Waals surface area contributed by atoms with Crippen LogP contribution in [0.25, 0.3) is 0 Å². The lowest BCUT2D eigenvalue weighted by atomic mass is 10.1. The number of Topliss-reactive ketones (excluding diaryl/α,β-unsaturated/α-hetero) is 1. The number of hydrogen-bond acceptors (Lipinski definition) is 5. The van der Waals surface area contributed by atoms with Crippen LogP contribution in [0, 0.1) is 0 Å². The van der Waals surface area contributed by atoms with Crippen molar-refractivity contribution < 1.29 is 4.79 Å². The van der Waals surface area contributed by atoms with Gasteiger partial charge in [0.05, 0.1) is 6.54 Å². The Labute approximate surface area is 114 Å². The van der Waals surface area contributed by atoms with E-state index < -0.39 is 0 Å². The number of carbonyl (C=O) groups is 1. The first-order valence-corrected chi connectivity index (χ1v) is 6.56. The molecule has 0 saturated heterocycles. The van der Waals surface area contributed by atoms with Gasteiger partial charge in [0.25, 0.3) is 0 Å². The maximum atomic E-state index is 11.8. The molecule has 1 aromatic heterocycles. The van der Waals surface area contributed by atoms with E-state index in [2.05, 4.69) is 15.6 Å². The molecule has 0 bridgehead atoms. The highest BCUT2D eigenvalue weighted by atomic mass is 35.5. The third-order valence-electron chi connectivity index (χ3n) is 2.31. The number of benzene rings is 1. The van der Waals surface area contributed by atoms with Crippen molar-refractivity contribution in [3.8, 4) is 0 Å². The van der Waals surface area contributed by atoms with Gasteiger partial charge >= 0.3 is 0 Å². The molecule has 0 fully saturated rings. The molecule has 2 N–H and O–H groups in total. The van der Waals surface area contributed by atoms with Crippen molar-refractivity contribution in [3.63, 3.8) is 0 Å². The first kappa shape index (κ1) is 12.9. The fraction of sp³-hybridized carbons (Fsp3) is 0.167. The molecule has 18 heavy (non-hydrogen) atoms. The Morgan fingerprint density at radius 2 is 2.11 bits per heavy atom. The van der Waals surface area contributed by atoms with Gasteiger partial charge in [-0.25, -0.2) is 4.98 Å². The summed E-state index contributed by atoms with van der Waals surface area (Å²) in [7, 11) is 1.78. The molecule has 0 aliphatic carbocycles. The fourth-order valence-corrected chi connectivity index (χ4v) is 2.46. The van der Waals surface area contributed by atoms with E-state index in [4.69, 9.17) is 11.6 Å². The lowest BCUT2D eigenvalue weighted by Crippen LogP contribution is -2.13. The van der Waals surface area contributed by atoms with E-state index in [0.29, 0.717) is 15.8 Å². The SMILES string of the molecule is CNc1sc(NCC(=O)c2ccccc2)nc1Cl. The number of halogens is 1. The minimum Gasteiger partial charge on any atom is -0.377 e. The molecular weight excluding hydrogens is 270 g/mol. The molecule has 0 amide bonds. The highest BCUT2D eigenvalue weighted by Crippen LogP contribution is 2.31. The van der Waals surface area contributed by atoms with E-state index >= 15 is 0 Å². The van der Waals surface area contributed by atoms with Gasteiger partial charge in [-0.3, -0.25) is 4.79 Å². The molecule has 0 saturated carbocycles. The van der Waals surface area contributed by atoms with Crippen LogP contribution in [0.1, 0.15) is 10.4 Å². The first-order chi connectivity index (χ1) is 8.70. The van der Waals surface area contributed by atoms with E-state index in [9.17, 15) is 4.79 Å². The maximum Gasteiger partial charge on any atom is 0.186 e. The zero-order valence-electron chi connectivity index (χ0n) is 9.74. The molecule has 0 aliphatic rings. The van der Waals surface area contributed by atoms with Crippen LogP contribution in [0.2, 0.25) is 5.15 Å². The summed E-state index contributed by atoms with van der Waals surface area (Å²) in [5, 5.41) is 7.74. The monoisotopic (exact) mass is 281 g/mol. The number of aromatic nitrogens is 1. The highest BCUT2D eigenvalue weighted by Gasteiger charge is 2.09. The van der Waals surface area contributed by atoms with Gasteiger partial charge in [-0.2, -0.15) is 0 Å². The van der Waals surface area contributed by atoms with Crippen molar-refractivity contribution in [2.24, 2.45) is 0 Å². The summed E-state index contributed by atoms with van der Waals surface area (Å²) in [6, 6.07) is 9.14. The lowest BCUT2D eigenvalue weighted by Gasteiger charge is -2.01. The number of nitrogens with zero attached hydrogens (tertiary/aromatic N) is 1. The standard InChI is InChI=1S/C12H12ClN3OS/c1-14-11-10(13)16-12(18-11)15-7-9(17)8-5-3-2-4-6-8/h2-6,14H,7H2,1H3,(H,15,16). The Kier molecular flexibility index (Phi) is 4.17. The molecule has 2 aromatic rings. The molecule has 0 atom stereocenters. The Morgan fingerprint density at radius 3 is 2.72 bits per heavy atom. The molecule has 2 rings (SSSR count). The molecule has 6 heteroatoms. The second kappa shape index (κ2) is 5.84. The molecule has 4 nitrogen and oxygen atoms in total. The van der Waals surface area contributed by atoms with E-state index in [1.54, 1.807) is 19.2 Å². The molecular formula is C12H12ClN3OS. The lowest BCUT2D eigenvalue weighted by molar-refractivity contribution is 0.101. The number of carbonyl (C=O) groups excluding carboxylic acids is 1. The average molecular weight is 282 g/mol. The minimum absolute atomic E-state index is 0.0212. The predicted octanol–water partition coefficient (Wildman–Crippen LogP) is 3.13. The number of ketones is 1. The molecule has 0 unspecified atom stereocenters. The van der Waals surface area contributed by atoms with E-state index in [1.807, 2.05) is 18.2 Å². The van der Waals surface area contributed by atoms with Crippen LogP contribution in [0.15, 0.2) is 30.3 Å². The summed E-state index contributed by atoms with van der Waals surface area (Å²) in [5.41, 5.74) is 0.682. The summed E-state index contributed by atoms with van der Waals surface area (Å²) < 4.78 is 0. The largest absolute Gasteiger partial charge is 0.377 e. The molecule has 0 aliphatic heterocycles. The summed E-state index contributed by atoms with van der Waals surface area (Å²) in [6.07, 6.45) is 0. The van der Waals surface area contributed by atoms with E-state index in [-0.39, 0.29) is 12.3 Å². The van der Waals surface area contributed by atoms with Crippen molar-refractivity contribution in [2.45, 2.75) is 0 Å². The zero-order valence-corrected chi connectivity index (χ0v) is 11.3. The normalized spacial score (nSPS) is 10.1. The Morgan fingerprint density at radius 1 is 1.39 bits per heavy atom. The molecule has 0 radical (unpaired) electrons. The summed E-state index contributed by atoms with van der Waals surface area (Å²) in [5.74, 6) is 0.0212. The van der Waals surface area contributed by atoms with Crippen molar-refractivity contribution in [3.05, 3.63) is 41.0 Å². The van der Waals surface area contributed by atoms with Gasteiger partial charge in [-0.05, 0) is 0 Å². The number of rotatable bonds is 5. The van der Waals surface area contributed by atoms with Gasteiger partial charge in [0.2, 0.25) is 0 Å². The zero-order chi connectivity index (χ0) is 13.0.